The van der Waals surface area contributed by atoms with Crippen molar-refractivity contribution in [2.45, 2.75) is 6.04 Å². The molecule has 9 heteroatoms. The Morgan fingerprint density at radius 1 is 1.11 bits per heavy atom. The van der Waals surface area contributed by atoms with E-state index in [2.05, 4.69) is 16.0 Å². The van der Waals surface area contributed by atoms with Crippen LogP contribution in [0.15, 0.2) is 42.5 Å². The van der Waals surface area contributed by atoms with Crippen LogP contribution in [0, 0.1) is 11.6 Å². The normalized spacial score (nSPS) is 14.4. The molecule has 0 saturated carbocycles. The van der Waals surface area contributed by atoms with Crippen molar-refractivity contribution in [2.75, 3.05) is 25.0 Å². The van der Waals surface area contributed by atoms with E-state index in [1.807, 2.05) is 0 Å². The minimum Gasteiger partial charge on any atom is -0.357 e. The first-order chi connectivity index (χ1) is 13.4. The highest BCUT2D eigenvalue weighted by Crippen LogP contribution is 2.20. The Morgan fingerprint density at radius 2 is 1.82 bits per heavy atom. The van der Waals surface area contributed by atoms with Crippen molar-refractivity contribution in [3.05, 3.63) is 65.2 Å². The Balaban J connectivity index is 1.78. The summed E-state index contributed by atoms with van der Waals surface area (Å²) in [5.74, 6) is -3.32. The van der Waals surface area contributed by atoms with Gasteiger partial charge in [-0.15, -0.1) is 0 Å². The van der Waals surface area contributed by atoms with E-state index in [1.165, 1.54) is 30.1 Å². The molecule has 1 saturated heterocycles. The number of benzene rings is 2. The van der Waals surface area contributed by atoms with Crippen molar-refractivity contribution in [1.29, 1.82) is 0 Å². The molecule has 4 amide bonds. The number of amides is 4. The van der Waals surface area contributed by atoms with Crippen LogP contribution in [0.5, 0.6) is 0 Å². The van der Waals surface area contributed by atoms with Crippen molar-refractivity contribution in [1.82, 2.24) is 16.0 Å². The van der Waals surface area contributed by atoms with Gasteiger partial charge in [0.05, 0.1) is 0 Å². The molecular formula is C19H18F2N4O3. The molecule has 1 unspecified atom stereocenters. The lowest BCUT2D eigenvalue weighted by Gasteiger charge is -2.19. The van der Waals surface area contributed by atoms with E-state index in [1.54, 1.807) is 12.1 Å². The highest BCUT2D eigenvalue weighted by Gasteiger charge is 2.24. The summed E-state index contributed by atoms with van der Waals surface area (Å²) in [6.07, 6.45) is 0. The number of hydrogen-bond acceptors (Lipinski definition) is 3. The largest absolute Gasteiger partial charge is 0.357 e. The van der Waals surface area contributed by atoms with Gasteiger partial charge in [-0.25, -0.2) is 13.6 Å². The minimum atomic E-state index is -1.20. The Bertz CT molecular complexity index is 918. The SMILES string of the molecule is CNC(=O)C(NC(=O)c1ccc(N2CCNC2=O)cc1)c1ccc(F)c(F)c1. The van der Waals surface area contributed by atoms with E-state index in [4.69, 9.17) is 0 Å². The van der Waals surface area contributed by atoms with Crippen molar-refractivity contribution in [2.24, 2.45) is 0 Å². The molecule has 2 aromatic carbocycles. The Hall–Kier alpha value is -3.49. The van der Waals surface area contributed by atoms with Gasteiger partial charge >= 0.3 is 6.03 Å². The van der Waals surface area contributed by atoms with Crippen LogP contribution >= 0.6 is 0 Å². The third-order valence-electron chi connectivity index (χ3n) is 4.36. The molecule has 0 radical (unpaired) electrons. The summed E-state index contributed by atoms with van der Waals surface area (Å²) in [6.45, 7) is 1.07. The molecule has 1 aliphatic heterocycles. The zero-order valence-corrected chi connectivity index (χ0v) is 15.0. The third kappa shape index (κ3) is 3.93. The van der Waals surface area contributed by atoms with Crippen LogP contribution in [-0.4, -0.2) is 38.0 Å². The zero-order valence-electron chi connectivity index (χ0n) is 15.0. The minimum absolute atomic E-state index is 0.108. The molecule has 28 heavy (non-hydrogen) atoms. The van der Waals surface area contributed by atoms with E-state index in [9.17, 15) is 23.2 Å². The topological polar surface area (TPSA) is 90.5 Å². The van der Waals surface area contributed by atoms with Crippen LogP contribution in [0.2, 0.25) is 0 Å². The first-order valence-electron chi connectivity index (χ1n) is 8.53. The highest BCUT2D eigenvalue weighted by molar-refractivity contribution is 5.99. The highest BCUT2D eigenvalue weighted by atomic mass is 19.2. The van der Waals surface area contributed by atoms with Gasteiger partial charge in [-0.1, -0.05) is 6.07 Å². The van der Waals surface area contributed by atoms with Crippen LogP contribution in [0.1, 0.15) is 22.0 Å². The number of anilines is 1. The van der Waals surface area contributed by atoms with E-state index < -0.39 is 29.5 Å². The molecule has 0 aliphatic carbocycles. The van der Waals surface area contributed by atoms with Crippen LogP contribution in [0.4, 0.5) is 19.3 Å². The first kappa shape index (κ1) is 19.3. The molecule has 7 nitrogen and oxygen atoms in total. The fourth-order valence-electron chi connectivity index (χ4n) is 2.86. The van der Waals surface area contributed by atoms with E-state index in [0.717, 1.165) is 12.1 Å². The molecule has 1 fully saturated rings. The van der Waals surface area contributed by atoms with Gasteiger partial charge in [0.2, 0.25) is 5.91 Å². The predicted octanol–water partition coefficient (Wildman–Crippen LogP) is 1.71. The molecule has 1 heterocycles. The van der Waals surface area contributed by atoms with Crippen LogP contribution < -0.4 is 20.9 Å². The van der Waals surface area contributed by atoms with E-state index in [-0.39, 0.29) is 17.2 Å². The number of carbonyl (C=O) groups is 3. The third-order valence-corrected chi connectivity index (χ3v) is 4.36. The van der Waals surface area contributed by atoms with Crippen LogP contribution in [0.25, 0.3) is 0 Å². The zero-order chi connectivity index (χ0) is 20.3. The maximum Gasteiger partial charge on any atom is 0.321 e. The number of urea groups is 1. The maximum absolute atomic E-state index is 13.5. The number of likely N-dealkylation sites (N-methyl/N-ethyl adjacent to an activating group) is 1. The van der Waals surface area contributed by atoms with Crippen LogP contribution in [-0.2, 0) is 4.79 Å². The predicted molar refractivity (Wildman–Crippen MR) is 97.8 cm³/mol. The van der Waals surface area contributed by atoms with Gasteiger partial charge in [-0.05, 0) is 42.0 Å². The summed E-state index contributed by atoms with van der Waals surface area (Å²) in [7, 11) is 1.37. The molecule has 0 aromatic heterocycles. The molecule has 3 N–H and O–H groups in total. The average molecular weight is 388 g/mol. The second-order valence-electron chi connectivity index (χ2n) is 6.12. The fraction of sp³-hybridized carbons (Fsp3) is 0.211. The number of hydrogen-bond donors (Lipinski definition) is 3. The first-order valence-corrected chi connectivity index (χ1v) is 8.53. The Morgan fingerprint density at radius 3 is 2.39 bits per heavy atom. The standard InChI is InChI=1S/C19H18F2N4O3/c1-22-18(27)16(12-4-7-14(20)15(21)10-12)24-17(26)11-2-5-13(6-3-11)25-9-8-23-19(25)28/h2-7,10,16H,8-9H2,1H3,(H,22,27)(H,23,28)(H,24,26). The van der Waals surface area contributed by atoms with Gasteiger partial charge in [0.25, 0.3) is 5.91 Å². The summed E-state index contributed by atoms with van der Waals surface area (Å²) >= 11 is 0. The monoisotopic (exact) mass is 388 g/mol. The number of rotatable bonds is 5. The second kappa shape index (κ2) is 8.03. The summed E-state index contributed by atoms with van der Waals surface area (Å²) in [6, 6.07) is 7.84. The fourth-order valence-corrected chi connectivity index (χ4v) is 2.86. The molecule has 0 bridgehead atoms. The Kier molecular flexibility index (Phi) is 5.53. The quantitative estimate of drug-likeness (QED) is 0.728. The van der Waals surface area contributed by atoms with Gasteiger partial charge in [-0.3, -0.25) is 14.5 Å². The van der Waals surface area contributed by atoms with E-state index >= 15 is 0 Å². The lowest BCUT2D eigenvalue weighted by atomic mass is 10.0. The summed E-state index contributed by atoms with van der Waals surface area (Å²) in [4.78, 5) is 37.9. The molecule has 1 atom stereocenters. The average Bonchev–Trinajstić information content (AvgIpc) is 3.13. The van der Waals surface area contributed by atoms with Crippen LogP contribution in [0.3, 0.4) is 0 Å². The molecule has 3 rings (SSSR count). The lowest BCUT2D eigenvalue weighted by Crippen LogP contribution is -2.39. The smallest absolute Gasteiger partial charge is 0.321 e. The molecule has 1 aliphatic rings. The van der Waals surface area contributed by atoms with Gasteiger partial charge in [0.1, 0.15) is 6.04 Å². The van der Waals surface area contributed by atoms with Gasteiger partial charge in [-0.2, -0.15) is 0 Å². The number of halogens is 2. The van der Waals surface area contributed by atoms with E-state index in [0.29, 0.717) is 18.8 Å². The summed E-state index contributed by atoms with van der Waals surface area (Å²) in [5, 5.41) is 7.58. The number of carbonyl (C=O) groups excluding carboxylic acids is 3. The maximum atomic E-state index is 13.5. The molecule has 2 aromatic rings. The summed E-state index contributed by atoms with van der Waals surface area (Å²) < 4.78 is 26.7. The second-order valence-corrected chi connectivity index (χ2v) is 6.12. The van der Waals surface area contributed by atoms with Crippen molar-refractivity contribution < 1.29 is 23.2 Å². The Labute approximate surface area is 159 Å². The molecule has 146 valence electrons. The van der Waals surface area contributed by atoms with Crippen molar-refractivity contribution in [3.8, 4) is 0 Å². The molecule has 0 spiro atoms. The lowest BCUT2D eigenvalue weighted by molar-refractivity contribution is -0.122. The van der Waals surface area contributed by atoms with Crippen molar-refractivity contribution >= 4 is 23.5 Å². The van der Waals surface area contributed by atoms with Crippen molar-refractivity contribution in [3.63, 3.8) is 0 Å². The number of nitrogens with one attached hydrogen (secondary N) is 3. The summed E-state index contributed by atoms with van der Waals surface area (Å²) in [5.41, 5.74) is 0.992. The van der Waals surface area contributed by atoms with Gasteiger partial charge in [0, 0.05) is 31.4 Å². The van der Waals surface area contributed by atoms with Gasteiger partial charge in [0.15, 0.2) is 11.6 Å². The van der Waals surface area contributed by atoms with Gasteiger partial charge < -0.3 is 16.0 Å². The molecular weight excluding hydrogens is 370 g/mol. The number of nitrogens with zero attached hydrogens (tertiary/aromatic N) is 1.